The molecule has 8 heteroatoms. The molecule has 1 saturated heterocycles. The SMILES string of the molecule is O=C(c1ccn[nH]1)N(c1ccc(F)cc1)c1ccc([C@@H]2CNCCO2)cc1Cl. The van der Waals surface area contributed by atoms with Crippen molar-refractivity contribution in [3.05, 3.63) is 76.8 Å². The van der Waals surface area contributed by atoms with Crippen molar-refractivity contribution in [1.29, 1.82) is 0 Å². The number of H-pyrrole nitrogens is 1. The first-order valence-corrected chi connectivity index (χ1v) is 9.22. The Morgan fingerprint density at radius 3 is 2.68 bits per heavy atom. The van der Waals surface area contributed by atoms with Gasteiger partial charge in [-0.2, -0.15) is 5.10 Å². The van der Waals surface area contributed by atoms with E-state index in [4.69, 9.17) is 16.3 Å². The van der Waals surface area contributed by atoms with Gasteiger partial charge in [-0.05, 0) is 48.0 Å². The van der Waals surface area contributed by atoms with E-state index in [0.29, 0.717) is 35.2 Å². The number of carbonyl (C=O) groups is 1. The van der Waals surface area contributed by atoms with Crippen LogP contribution in [-0.2, 0) is 4.74 Å². The summed E-state index contributed by atoms with van der Waals surface area (Å²) < 4.78 is 19.2. The molecule has 1 atom stereocenters. The number of hydrogen-bond acceptors (Lipinski definition) is 4. The van der Waals surface area contributed by atoms with Crippen molar-refractivity contribution in [3.8, 4) is 0 Å². The molecule has 3 aromatic rings. The summed E-state index contributed by atoms with van der Waals surface area (Å²) in [4.78, 5) is 14.5. The second-order valence-electron chi connectivity index (χ2n) is 6.36. The number of amides is 1. The average Bonchev–Trinajstić information content (AvgIpc) is 3.26. The molecule has 0 unspecified atom stereocenters. The summed E-state index contributed by atoms with van der Waals surface area (Å²) >= 11 is 6.56. The summed E-state index contributed by atoms with van der Waals surface area (Å²) in [6.07, 6.45) is 1.40. The zero-order chi connectivity index (χ0) is 19.5. The summed E-state index contributed by atoms with van der Waals surface area (Å²) in [6.45, 7) is 2.15. The Bertz CT molecular complexity index is 957. The number of benzene rings is 2. The molecule has 1 fully saturated rings. The largest absolute Gasteiger partial charge is 0.371 e. The van der Waals surface area contributed by atoms with Crippen LogP contribution in [0.3, 0.4) is 0 Å². The van der Waals surface area contributed by atoms with Gasteiger partial charge >= 0.3 is 0 Å². The number of anilines is 2. The average molecular weight is 401 g/mol. The maximum atomic E-state index is 13.4. The summed E-state index contributed by atoms with van der Waals surface area (Å²) in [7, 11) is 0. The molecule has 28 heavy (non-hydrogen) atoms. The molecule has 1 aliphatic rings. The lowest BCUT2D eigenvalue weighted by molar-refractivity contribution is 0.0277. The van der Waals surface area contributed by atoms with Crippen LogP contribution in [0.2, 0.25) is 5.02 Å². The van der Waals surface area contributed by atoms with Gasteiger partial charge in [-0.25, -0.2) is 4.39 Å². The molecule has 1 amide bonds. The Morgan fingerprint density at radius 2 is 2.04 bits per heavy atom. The van der Waals surface area contributed by atoms with Gasteiger partial charge in [0.05, 0.1) is 23.4 Å². The Kier molecular flexibility index (Phi) is 5.38. The van der Waals surface area contributed by atoms with Crippen LogP contribution in [0.4, 0.5) is 15.8 Å². The van der Waals surface area contributed by atoms with E-state index in [1.54, 1.807) is 18.2 Å². The Hall–Kier alpha value is -2.74. The number of carbonyl (C=O) groups excluding carboxylic acids is 1. The van der Waals surface area contributed by atoms with Gasteiger partial charge in [0.25, 0.3) is 5.91 Å². The Balaban J connectivity index is 1.73. The number of morpholine rings is 1. The lowest BCUT2D eigenvalue weighted by atomic mass is 10.1. The second-order valence-corrected chi connectivity index (χ2v) is 6.77. The number of ether oxygens (including phenoxy) is 1. The van der Waals surface area contributed by atoms with Gasteiger partial charge in [0.1, 0.15) is 11.5 Å². The van der Waals surface area contributed by atoms with Crippen molar-refractivity contribution >= 4 is 28.9 Å². The fourth-order valence-corrected chi connectivity index (χ4v) is 3.41. The van der Waals surface area contributed by atoms with Crippen molar-refractivity contribution in [2.24, 2.45) is 0 Å². The highest BCUT2D eigenvalue weighted by molar-refractivity contribution is 6.34. The minimum absolute atomic E-state index is 0.0946. The van der Waals surface area contributed by atoms with Gasteiger partial charge in [0, 0.05) is 25.0 Å². The molecule has 144 valence electrons. The first-order chi connectivity index (χ1) is 13.6. The van der Waals surface area contributed by atoms with Gasteiger partial charge in [0.2, 0.25) is 0 Å². The topological polar surface area (TPSA) is 70.2 Å². The number of nitrogens with one attached hydrogen (secondary N) is 2. The highest BCUT2D eigenvalue weighted by Gasteiger charge is 2.24. The highest BCUT2D eigenvalue weighted by Crippen LogP contribution is 2.35. The highest BCUT2D eigenvalue weighted by atomic mass is 35.5. The second kappa shape index (κ2) is 8.10. The van der Waals surface area contributed by atoms with Crippen LogP contribution in [-0.4, -0.2) is 35.8 Å². The predicted octanol–water partition coefficient (Wildman–Crippen LogP) is 3.84. The van der Waals surface area contributed by atoms with E-state index in [1.165, 1.54) is 35.4 Å². The van der Waals surface area contributed by atoms with E-state index in [1.807, 2.05) is 6.07 Å². The molecule has 0 saturated carbocycles. The molecule has 4 rings (SSSR count). The third-order valence-electron chi connectivity index (χ3n) is 4.53. The van der Waals surface area contributed by atoms with Crippen LogP contribution >= 0.6 is 11.6 Å². The first-order valence-electron chi connectivity index (χ1n) is 8.84. The van der Waals surface area contributed by atoms with Gasteiger partial charge in [-0.15, -0.1) is 0 Å². The van der Waals surface area contributed by atoms with Crippen LogP contribution in [0, 0.1) is 5.82 Å². The van der Waals surface area contributed by atoms with Gasteiger partial charge < -0.3 is 10.1 Å². The Morgan fingerprint density at radius 1 is 1.21 bits per heavy atom. The number of hydrogen-bond donors (Lipinski definition) is 2. The van der Waals surface area contributed by atoms with E-state index in [9.17, 15) is 9.18 Å². The fraction of sp³-hybridized carbons (Fsp3) is 0.200. The van der Waals surface area contributed by atoms with Crippen LogP contribution in [0.1, 0.15) is 22.2 Å². The number of rotatable bonds is 4. The van der Waals surface area contributed by atoms with Crippen LogP contribution < -0.4 is 10.2 Å². The minimum Gasteiger partial charge on any atom is -0.371 e. The molecule has 0 bridgehead atoms. The predicted molar refractivity (Wildman–Crippen MR) is 104 cm³/mol. The number of nitrogens with zero attached hydrogens (tertiary/aromatic N) is 2. The first kappa shape index (κ1) is 18.6. The van der Waals surface area contributed by atoms with Gasteiger partial charge in [0.15, 0.2) is 0 Å². The molecule has 1 aromatic heterocycles. The lowest BCUT2D eigenvalue weighted by Gasteiger charge is -2.26. The normalized spacial score (nSPS) is 16.7. The van der Waals surface area contributed by atoms with Gasteiger partial charge in [-0.1, -0.05) is 17.7 Å². The monoisotopic (exact) mass is 400 g/mol. The molecule has 1 aliphatic heterocycles. The van der Waals surface area contributed by atoms with Crippen LogP contribution in [0.15, 0.2) is 54.7 Å². The van der Waals surface area contributed by atoms with E-state index in [2.05, 4.69) is 15.5 Å². The molecule has 2 N–H and O–H groups in total. The van der Waals surface area contributed by atoms with Crippen LogP contribution in [0.25, 0.3) is 0 Å². The molecule has 2 aromatic carbocycles. The number of halogens is 2. The maximum Gasteiger partial charge on any atom is 0.280 e. The number of aromatic amines is 1. The van der Waals surface area contributed by atoms with Crippen molar-refractivity contribution < 1.29 is 13.9 Å². The zero-order valence-electron chi connectivity index (χ0n) is 14.9. The summed E-state index contributed by atoms with van der Waals surface area (Å²) in [5.74, 6) is -0.740. The molecule has 6 nitrogen and oxygen atoms in total. The van der Waals surface area contributed by atoms with Crippen molar-refractivity contribution in [2.75, 3.05) is 24.6 Å². The molecular weight excluding hydrogens is 383 g/mol. The quantitative estimate of drug-likeness (QED) is 0.698. The van der Waals surface area contributed by atoms with Crippen molar-refractivity contribution in [1.82, 2.24) is 15.5 Å². The van der Waals surface area contributed by atoms with E-state index in [0.717, 1.165) is 12.1 Å². The number of aromatic nitrogens is 2. The van der Waals surface area contributed by atoms with Crippen LogP contribution in [0.5, 0.6) is 0 Å². The molecule has 2 heterocycles. The summed E-state index contributed by atoms with van der Waals surface area (Å²) in [5, 5.41) is 10.2. The Labute approximate surface area is 166 Å². The smallest absolute Gasteiger partial charge is 0.280 e. The maximum absolute atomic E-state index is 13.4. The molecule has 0 radical (unpaired) electrons. The fourth-order valence-electron chi connectivity index (χ4n) is 3.14. The molecule has 0 aliphatic carbocycles. The summed E-state index contributed by atoms with van der Waals surface area (Å²) in [6, 6.07) is 12.7. The zero-order valence-corrected chi connectivity index (χ0v) is 15.6. The summed E-state index contributed by atoms with van der Waals surface area (Å²) in [5.41, 5.74) is 2.20. The van der Waals surface area contributed by atoms with Gasteiger partial charge in [-0.3, -0.25) is 14.8 Å². The van der Waals surface area contributed by atoms with E-state index in [-0.39, 0.29) is 17.8 Å². The third-order valence-corrected chi connectivity index (χ3v) is 4.83. The minimum atomic E-state index is -0.388. The van der Waals surface area contributed by atoms with E-state index < -0.39 is 0 Å². The third kappa shape index (κ3) is 3.77. The van der Waals surface area contributed by atoms with Crippen molar-refractivity contribution in [2.45, 2.75) is 6.10 Å². The molecular formula is C20H18ClFN4O2. The lowest BCUT2D eigenvalue weighted by Crippen LogP contribution is -2.33. The van der Waals surface area contributed by atoms with E-state index >= 15 is 0 Å². The molecule has 0 spiro atoms. The standard InChI is InChI=1S/C20H18ClFN4O2/c21-16-11-13(19-12-23-9-10-28-19)1-6-18(16)26(15-4-2-14(22)3-5-15)20(27)17-7-8-24-25-17/h1-8,11,19,23H,9-10,12H2,(H,24,25)/t19-/m0/s1. The van der Waals surface area contributed by atoms with Crippen molar-refractivity contribution in [3.63, 3.8) is 0 Å².